The third kappa shape index (κ3) is 2.98. The van der Waals surface area contributed by atoms with Crippen LogP contribution in [0, 0.1) is 11.7 Å². The van der Waals surface area contributed by atoms with Gasteiger partial charge in [0.15, 0.2) is 0 Å². The van der Waals surface area contributed by atoms with Gasteiger partial charge in [0.25, 0.3) is 0 Å². The summed E-state index contributed by atoms with van der Waals surface area (Å²) in [7, 11) is 0. The Morgan fingerprint density at radius 1 is 1.00 bits per heavy atom. The second kappa shape index (κ2) is 5.81. The molecule has 1 unspecified atom stereocenters. The average Bonchev–Trinajstić information content (AvgIpc) is 2.40. The Balaban J connectivity index is 2.20. The maximum absolute atomic E-state index is 13.6. The molecule has 0 aliphatic rings. The Bertz CT molecular complexity index is 499. The van der Waals surface area contributed by atoms with Gasteiger partial charge in [-0.25, -0.2) is 4.39 Å². The van der Waals surface area contributed by atoms with Crippen LogP contribution in [-0.2, 0) is 6.42 Å². The van der Waals surface area contributed by atoms with Crippen LogP contribution in [0.1, 0.15) is 25.8 Å². The molecule has 0 spiro atoms. The van der Waals surface area contributed by atoms with Crippen LogP contribution in [0.25, 0.3) is 11.1 Å². The molecule has 0 nitrogen and oxygen atoms in total. The normalized spacial score (nSPS) is 12.4. The minimum absolute atomic E-state index is 0.160. The molecule has 94 valence electrons. The van der Waals surface area contributed by atoms with Gasteiger partial charge in [0, 0.05) is 5.56 Å². The highest BCUT2D eigenvalue weighted by Gasteiger charge is 2.05. The van der Waals surface area contributed by atoms with Gasteiger partial charge >= 0.3 is 0 Å². The summed E-state index contributed by atoms with van der Waals surface area (Å²) >= 11 is 0. The zero-order valence-corrected chi connectivity index (χ0v) is 11.0. The van der Waals surface area contributed by atoms with E-state index in [0.717, 1.165) is 12.0 Å². The van der Waals surface area contributed by atoms with Gasteiger partial charge in [0.05, 0.1) is 0 Å². The molecule has 0 saturated carbocycles. The van der Waals surface area contributed by atoms with Gasteiger partial charge in [-0.15, -0.1) is 0 Å². The number of hydrogen-bond acceptors (Lipinski definition) is 0. The van der Waals surface area contributed by atoms with Crippen molar-refractivity contribution in [2.45, 2.75) is 26.7 Å². The van der Waals surface area contributed by atoms with Crippen LogP contribution in [0.2, 0.25) is 0 Å². The first-order valence-corrected chi connectivity index (χ1v) is 6.54. The summed E-state index contributed by atoms with van der Waals surface area (Å²) in [6.07, 6.45) is 2.28. The number of rotatable bonds is 4. The van der Waals surface area contributed by atoms with E-state index in [4.69, 9.17) is 0 Å². The maximum atomic E-state index is 13.6. The van der Waals surface area contributed by atoms with Crippen molar-refractivity contribution in [1.29, 1.82) is 0 Å². The predicted octanol–water partition coefficient (Wildman–Crippen LogP) is 5.08. The Morgan fingerprint density at radius 2 is 1.67 bits per heavy atom. The Labute approximate surface area is 108 Å². The average molecular weight is 242 g/mol. The second-order valence-electron chi connectivity index (χ2n) is 4.89. The molecule has 0 radical (unpaired) electrons. The van der Waals surface area contributed by atoms with Gasteiger partial charge in [-0.05, 0) is 29.5 Å². The summed E-state index contributed by atoms with van der Waals surface area (Å²) in [5, 5.41) is 0. The van der Waals surface area contributed by atoms with Crippen LogP contribution in [0.5, 0.6) is 0 Å². The van der Waals surface area contributed by atoms with Crippen molar-refractivity contribution in [3.05, 3.63) is 59.9 Å². The number of benzene rings is 2. The van der Waals surface area contributed by atoms with E-state index >= 15 is 0 Å². The molecule has 0 aromatic heterocycles. The molecule has 1 heteroatoms. The fourth-order valence-corrected chi connectivity index (χ4v) is 2.06. The van der Waals surface area contributed by atoms with Crippen LogP contribution in [-0.4, -0.2) is 0 Å². The third-order valence-electron chi connectivity index (χ3n) is 3.42. The van der Waals surface area contributed by atoms with Crippen molar-refractivity contribution >= 4 is 0 Å². The Kier molecular flexibility index (Phi) is 4.14. The highest BCUT2D eigenvalue weighted by molar-refractivity contribution is 5.64. The molecule has 0 amide bonds. The molecular weight excluding hydrogens is 223 g/mol. The van der Waals surface area contributed by atoms with E-state index in [9.17, 15) is 4.39 Å². The fraction of sp³-hybridized carbons (Fsp3) is 0.294. The predicted molar refractivity (Wildman–Crippen MR) is 75.0 cm³/mol. The van der Waals surface area contributed by atoms with Crippen LogP contribution >= 0.6 is 0 Å². The van der Waals surface area contributed by atoms with Gasteiger partial charge in [-0.2, -0.15) is 0 Å². The van der Waals surface area contributed by atoms with E-state index in [1.807, 2.05) is 24.3 Å². The molecule has 0 N–H and O–H groups in total. The lowest BCUT2D eigenvalue weighted by molar-refractivity contribution is 0.560. The summed E-state index contributed by atoms with van der Waals surface area (Å²) in [6, 6.07) is 15.1. The molecule has 2 rings (SSSR count). The molecule has 0 saturated heterocycles. The van der Waals surface area contributed by atoms with Crippen molar-refractivity contribution in [1.82, 2.24) is 0 Å². The van der Waals surface area contributed by atoms with E-state index in [2.05, 4.69) is 26.0 Å². The zero-order valence-electron chi connectivity index (χ0n) is 11.0. The number of hydrogen-bond donors (Lipinski definition) is 0. The largest absolute Gasteiger partial charge is 0.206 e. The molecule has 0 heterocycles. The SMILES string of the molecule is CCC(C)Cc1ccc(-c2ccccc2F)cc1. The molecule has 2 aromatic rings. The van der Waals surface area contributed by atoms with Crippen molar-refractivity contribution in [2.24, 2.45) is 5.92 Å². The van der Waals surface area contributed by atoms with Gasteiger partial charge in [0.1, 0.15) is 5.82 Å². The van der Waals surface area contributed by atoms with Crippen molar-refractivity contribution in [3.63, 3.8) is 0 Å². The Hall–Kier alpha value is -1.63. The lowest BCUT2D eigenvalue weighted by atomic mass is 9.96. The second-order valence-corrected chi connectivity index (χ2v) is 4.89. The smallest absolute Gasteiger partial charge is 0.131 e. The molecule has 1 atom stereocenters. The highest BCUT2D eigenvalue weighted by atomic mass is 19.1. The van der Waals surface area contributed by atoms with Crippen LogP contribution in [0.15, 0.2) is 48.5 Å². The van der Waals surface area contributed by atoms with Gasteiger partial charge < -0.3 is 0 Å². The summed E-state index contributed by atoms with van der Waals surface area (Å²) in [5.74, 6) is 0.538. The third-order valence-corrected chi connectivity index (χ3v) is 3.42. The van der Waals surface area contributed by atoms with E-state index < -0.39 is 0 Å². The first kappa shape index (κ1) is 12.8. The van der Waals surface area contributed by atoms with Crippen molar-refractivity contribution < 1.29 is 4.39 Å². The minimum Gasteiger partial charge on any atom is -0.206 e. The quantitative estimate of drug-likeness (QED) is 0.701. The molecular formula is C17H19F. The van der Waals surface area contributed by atoms with E-state index in [1.54, 1.807) is 6.07 Å². The van der Waals surface area contributed by atoms with E-state index in [-0.39, 0.29) is 5.82 Å². The summed E-state index contributed by atoms with van der Waals surface area (Å²) < 4.78 is 13.6. The highest BCUT2D eigenvalue weighted by Crippen LogP contribution is 2.23. The molecule has 0 aliphatic carbocycles. The summed E-state index contributed by atoms with van der Waals surface area (Å²) in [6.45, 7) is 4.46. The first-order chi connectivity index (χ1) is 8.70. The lowest BCUT2D eigenvalue weighted by Gasteiger charge is -2.09. The van der Waals surface area contributed by atoms with Crippen LogP contribution in [0.3, 0.4) is 0 Å². The van der Waals surface area contributed by atoms with Gasteiger partial charge in [-0.3, -0.25) is 0 Å². The number of halogens is 1. The van der Waals surface area contributed by atoms with Gasteiger partial charge in [0.2, 0.25) is 0 Å². The molecule has 18 heavy (non-hydrogen) atoms. The van der Waals surface area contributed by atoms with Gasteiger partial charge in [-0.1, -0.05) is 62.7 Å². The maximum Gasteiger partial charge on any atom is 0.131 e. The van der Waals surface area contributed by atoms with Crippen molar-refractivity contribution in [2.75, 3.05) is 0 Å². The minimum atomic E-state index is -0.160. The molecule has 0 bridgehead atoms. The fourth-order valence-electron chi connectivity index (χ4n) is 2.06. The monoisotopic (exact) mass is 242 g/mol. The molecule has 2 aromatic carbocycles. The summed E-state index contributed by atoms with van der Waals surface area (Å²) in [5.41, 5.74) is 2.94. The van der Waals surface area contributed by atoms with Crippen LogP contribution < -0.4 is 0 Å². The van der Waals surface area contributed by atoms with Crippen molar-refractivity contribution in [3.8, 4) is 11.1 Å². The Morgan fingerprint density at radius 3 is 2.28 bits per heavy atom. The lowest BCUT2D eigenvalue weighted by Crippen LogP contribution is -1.97. The zero-order chi connectivity index (χ0) is 13.0. The standard InChI is InChI=1S/C17H19F/c1-3-13(2)12-14-8-10-15(11-9-14)16-6-4-5-7-17(16)18/h4-11,13H,3,12H2,1-2H3. The molecule has 0 fully saturated rings. The van der Waals surface area contributed by atoms with E-state index in [1.165, 1.54) is 18.1 Å². The topological polar surface area (TPSA) is 0 Å². The van der Waals surface area contributed by atoms with E-state index in [0.29, 0.717) is 11.5 Å². The summed E-state index contributed by atoms with van der Waals surface area (Å²) in [4.78, 5) is 0. The van der Waals surface area contributed by atoms with Crippen LogP contribution in [0.4, 0.5) is 4.39 Å². The first-order valence-electron chi connectivity index (χ1n) is 6.54. The molecule has 0 aliphatic heterocycles.